The van der Waals surface area contributed by atoms with E-state index in [1.165, 1.54) is 27.1 Å². The van der Waals surface area contributed by atoms with E-state index in [-0.39, 0.29) is 29.9 Å². The number of carbonyl (C=O) groups excluding carboxylic acids is 1. The molecule has 1 aromatic rings. The second-order valence-corrected chi connectivity index (χ2v) is 5.02. The van der Waals surface area contributed by atoms with Crippen LogP contribution in [-0.2, 0) is 9.53 Å². The maximum absolute atomic E-state index is 14.3. The smallest absolute Gasteiger partial charge is 0.306 e. The van der Waals surface area contributed by atoms with Crippen LogP contribution in [0.25, 0.3) is 0 Å². The van der Waals surface area contributed by atoms with E-state index in [0.717, 1.165) is 6.42 Å². The van der Waals surface area contributed by atoms with E-state index in [1.807, 2.05) is 0 Å². The fraction of sp³-hybridized carbons (Fsp3) is 0.533. The van der Waals surface area contributed by atoms with Crippen molar-refractivity contribution in [3.05, 3.63) is 29.6 Å². The average molecular weight is 266 g/mol. The molecule has 0 aromatic heterocycles. The highest BCUT2D eigenvalue weighted by Gasteiger charge is 2.29. The number of benzene rings is 1. The van der Waals surface area contributed by atoms with Crippen LogP contribution in [0.4, 0.5) is 4.39 Å². The fourth-order valence-corrected chi connectivity index (χ4v) is 2.36. The summed E-state index contributed by atoms with van der Waals surface area (Å²) in [6.07, 6.45) is 3.39. The SMILES string of the molecule is COC(=O)C[C@H](CC1CC1)c1cccc(OC)c1F. The summed E-state index contributed by atoms with van der Waals surface area (Å²) >= 11 is 0. The van der Waals surface area contributed by atoms with Crippen LogP contribution in [0.3, 0.4) is 0 Å². The topological polar surface area (TPSA) is 35.5 Å². The molecule has 0 aliphatic heterocycles. The van der Waals surface area contributed by atoms with E-state index in [0.29, 0.717) is 11.5 Å². The van der Waals surface area contributed by atoms with Gasteiger partial charge in [0.15, 0.2) is 11.6 Å². The summed E-state index contributed by atoms with van der Waals surface area (Å²) in [7, 11) is 2.80. The highest BCUT2D eigenvalue weighted by atomic mass is 19.1. The molecule has 19 heavy (non-hydrogen) atoms. The van der Waals surface area contributed by atoms with Gasteiger partial charge in [-0.05, 0) is 29.9 Å². The highest BCUT2D eigenvalue weighted by Crippen LogP contribution is 2.41. The predicted octanol–water partition coefficient (Wildman–Crippen LogP) is 3.28. The number of hydrogen-bond acceptors (Lipinski definition) is 3. The number of halogens is 1. The van der Waals surface area contributed by atoms with E-state index in [2.05, 4.69) is 0 Å². The zero-order chi connectivity index (χ0) is 13.8. The molecule has 1 aliphatic carbocycles. The Morgan fingerprint density at radius 2 is 2.16 bits per heavy atom. The zero-order valence-electron chi connectivity index (χ0n) is 11.3. The van der Waals surface area contributed by atoms with Gasteiger partial charge >= 0.3 is 5.97 Å². The molecule has 0 N–H and O–H groups in total. The van der Waals surface area contributed by atoms with Gasteiger partial charge < -0.3 is 9.47 Å². The minimum Gasteiger partial charge on any atom is -0.494 e. The number of ether oxygens (including phenoxy) is 2. The van der Waals surface area contributed by atoms with Crippen molar-refractivity contribution in [2.75, 3.05) is 14.2 Å². The van der Waals surface area contributed by atoms with E-state index in [1.54, 1.807) is 18.2 Å². The van der Waals surface area contributed by atoms with Crippen LogP contribution < -0.4 is 4.74 Å². The zero-order valence-corrected chi connectivity index (χ0v) is 11.3. The van der Waals surface area contributed by atoms with Gasteiger partial charge in [0.05, 0.1) is 20.6 Å². The molecule has 4 heteroatoms. The summed E-state index contributed by atoms with van der Waals surface area (Å²) in [5.41, 5.74) is 0.552. The molecule has 3 nitrogen and oxygen atoms in total. The normalized spacial score (nSPS) is 15.9. The third-order valence-corrected chi connectivity index (χ3v) is 3.61. The first-order valence-electron chi connectivity index (χ1n) is 6.55. The first kappa shape index (κ1) is 13.8. The average Bonchev–Trinajstić information content (AvgIpc) is 3.22. The van der Waals surface area contributed by atoms with Crippen LogP contribution in [0.1, 0.15) is 37.2 Å². The third kappa shape index (κ3) is 3.46. The van der Waals surface area contributed by atoms with E-state index >= 15 is 0 Å². The number of hydrogen-bond donors (Lipinski definition) is 0. The Bertz CT molecular complexity index is 455. The molecule has 0 bridgehead atoms. The van der Waals surface area contributed by atoms with Gasteiger partial charge in [-0.2, -0.15) is 0 Å². The van der Waals surface area contributed by atoms with Crippen molar-refractivity contribution in [1.29, 1.82) is 0 Å². The molecular formula is C15H19FO3. The molecule has 0 amide bonds. The second-order valence-electron chi connectivity index (χ2n) is 5.02. The molecule has 0 unspecified atom stereocenters. The molecule has 1 aromatic carbocycles. The van der Waals surface area contributed by atoms with Gasteiger partial charge in [-0.3, -0.25) is 4.79 Å². The van der Waals surface area contributed by atoms with Crippen molar-refractivity contribution < 1.29 is 18.7 Å². The number of methoxy groups -OCH3 is 2. The van der Waals surface area contributed by atoms with Crippen LogP contribution in [0.2, 0.25) is 0 Å². The third-order valence-electron chi connectivity index (χ3n) is 3.61. The Balaban J connectivity index is 2.22. The summed E-state index contributed by atoms with van der Waals surface area (Å²) in [5, 5.41) is 0. The molecule has 1 atom stereocenters. The lowest BCUT2D eigenvalue weighted by atomic mass is 9.90. The van der Waals surface area contributed by atoms with Gasteiger partial charge in [-0.15, -0.1) is 0 Å². The monoisotopic (exact) mass is 266 g/mol. The minimum absolute atomic E-state index is 0.130. The summed E-state index contributed by atoms with van der Waals surface area (Å²) in [5.74, 6) is 0.0471. The Kier molecular flexibility index (Phi) is 4.40. The van der Waals surface area contributed by atoms with Crippen molar-refractivity contribution in [3.8, 4) is 5.75 Å². The van der Waals surface area contributed by atoms with Crippen molar-refractivity contribution in [3.63, 3.8) is 0 Å². The Hall–Kier alpha value is -1.58. The van der Waals surface area contributed by atoms with E-state index in [9.17, 15) is 9.18 Å². The second kappa shape index (κ2) is 6.04. The Morgan fingerprint density at radius 1 is 1.42 bits per heavy atom. The largest absolute Gasteiger partial charge is 0.494 e. The quantitative estimate of drug-likeness (QED) is 0.741. The lowest BCUT2D eigenvalue weighted by molar-refractivity contribution is -0.141. The lowest BCUT2D eigenvalue weighted by Crippen LogP contribution is -2.11. The van der Waals surface area contributed by atoms with Gasteiger partial charge in [0.2, 0.25) is 0 Å². The molecular weight excluding hydrogens is 247 g/mol. The molecule has 1 fully saturated rings. The molecule has 1 aliphatic rings. The summed E-state index contributed by atoms with van der Waals surface area (Å²) < 4.78 is 24.0. The predicted molar refractivity (Wildman–Crippen MR) is 69.7 cm³/mol. The van der Waals surface area contributed by atoms with Gasteiger partial charge in [0.25, 0.3) is 0 Å². The molecule has 1 saturated carbocycles. The van der Waals surface area contributed by atoms with Crippen molar-refractivity contribution >= 4 is 5.97 Å². The van der Waals surface area contributed by atoms with Gasteiger partial charge in [-0.25, -0.2) is 4.39 Å². The van der Waals surface area contributed by atoms with Crippen LogP contribution in [0, 0.1) is 11.7 Å². The summed E-state index contributed by atoms with van der Waals surface area (Å²) in [4.78, 5) is 11.5. The standard InChI is InChI=1S/C15H19FO3/c1-18-13-5-3-4-12(15(13)16)11(8-10-6-7-10)9-14(17)19-2/h3-5,10-11H,6-9H2,1-2H3/t11-/m0/s1. The van der Waals surface area contributed by atoms with Crippen LogP contribution in [0.15, 0.2) is 18.2 Å². The summed E-state index contributed by atoms with van der Waals surface area (Å²) in [6, 6.07) is 5.08. The molecule has 0 heterocycles. The van der Waals surface area contributed by atoms with E-state index < -0.39 is 0 Å². The van der Waals surface area contributed by atoms with Crippen molar-refractivity contribution in [1.82, 2.24) is 0 Å². The van der Waals surface area contributed by atoms with Crippen molar-refractivity contribution in [2.24, 2.45) is 5.92 Å². The molecule has 2 rings (SSSR count). The maximum Gasteiger partial charge on any atom is 0.306 e. The van der Waals surface area contributed by atoms with Gasteiger partial charge in [0, 0.05) is 0 Å². The molecule has 104 valence electrons. The maximum atomic E-state index is 14.3. The summed E-state index contributed by atoms with van der Waals surface area (Å²) in [6.45, 7) is 0. The Labute approximate surface area is 112 Å². The number of esters is 1. The first-order valence-corrected chi connectivity index (χ1v) is 6.55. The Morgan fingerprint density at radius 3 is 2.74 bits per heavy atom. The molecule has 0 spiro atoms. The van der Waals surface area contributed by atoms with Crippen LogP contribution in [0.5, 0.6) is 5.75 Å². The van der Waals surface area contributed by atoms with Crippen LogP contribution >= 0.6 is 0 Å². The lowest BCUT2D eigenvalue weighted by Gasteiger charge is -2.17. The van der Waals surface area contributed by atoms with Gasteiger partial charge in [0.1, 0.15) is 0 Å². The first-order chi connectivity index (χ1) is 9.15. The molecule has 0 saturated heterocycles. The van der Waals surface area contributed by atoms with E-state index in [4.69, 9.17) is 9.47 Å². The minimum atomic E-state index is -0.362. The van der Waals surface area contributed by atoms with Gasteiger partial charge in [-0.1, -0.05) is 25.0 Å². The fourth-order valence-electron chi connectivity index (χ4n) is 2.36. The van der Waals surface area contributed by atoms with Crippen LogP contribution in [-0.4, -0.2) is 20.2 Å². The molecule has 0 radical (unpaired) electrons. The number of rotatable bonds is 6. The van der Waals surface area contributed by atoms with Crippen molar-refractivity contribution in [2.45, 2.75) is 31.6 Å². The highest BCUT2D eigenvalue weighted by molar-refractivity contribution is 5.70. The number of carbonyl (C=O) groups is 1.